The molecular weight excluding hydrogens is 262 g/mol. The lowest BCUT2D eigenvalue weighted by molar-refractivity contribution is -0.0551. The third-order valence-electron chi connectivity index (χ3n) is 4.88. The molecule has 1 N–H and O–H groups in total. The predicted molar refractivity (Wildman–Crippen MR) is 88.8 cm³/mol. The van der Waals surface area contributed by atoms with Crippen LogP contribution in [0.4, 0.5) is 0 Å². The topological polar surface area (TPSA) is 27.7 Å². The van der Waals surface area contributed by atoms with Crippen LogP contribution in [0.15, 0.2) is 0 Å². The van der Waals surface area contributed by atoms with E-state index in [1.54, 1.807) is 0 Å². The van der Waals surface area contributed by atoms with Crippen molar-refractivity contribution < 1.29 is 4.74 Å². The molecule has 2 fully saturated rings. The van der Waals surface area contributed by atoms with Crippen molar-refractivity contribution in [3.8, 4) is 0 Å². The van der Waals surface area contributed by atoms with Crippen molar-refractivity contribution in [2.75, 3.05) is 45.9 Å². The lowest BCUT2D eigenvalue weighted by atomic mass is 9.96. The first-order valence-electron chi connectivity index (χ1n) is 8.86. The zero-order valence-corrected chi connectivity index (χ0v) is 14.5. The van der Waals surface area contributed by atoms with Gasteiger partial charge in [0.05, 0.1) is 12.7 Å². The van der Waals surface area contributed by atoms with Crippen molar-refractivity contribution in [3.05, 3.63) is 0 Å². The van der Waals surface area contributed by atoms with E-state index in [4.69, 9.17) is 4.74 Å². The fraction of sp³-hybridized carbons (Fsp3) is 1.00. The molecule has 1 atom stereocenters. The number of hydrogen-bond donors (Lipinski definition) is 1. The van der Waals surface area contributed by atoms with Crippen molar-refractivity contribution in [1.82, 2.24) is 15.1 Å². The molecule has 2 rings (SSSR count). The number of nitrogens with one attached hydrogen (secondary N) is 1. The third-order valence-corrected chi connectivity index (χ3v) is 4.88. The van der Waals surface area contributed by atoms with E-state index in [-0.39, 0.29) is 0 Å². The maximum absolute atomic E-state index is 5.97. The van der Waals surface area contributed by atoms with E-state index in [1.165, 1.54) is 32.5 Å². The van der Waals surface area contributed by atoms with Crippen LogP contribution in [0.2, 0.25) is 0 Å². The van der Waals surface area contributed by atoms with Gasteiger partial charge >= 0.3 is 0 Å². The molecule has 0 spiro atoms. The quantitative estimate of drug-likeness (QED) is 0.809. The van der Waals surface area contributed by atoms with Crippen LogP contribution in [0.5, 0.6) is 0 Å². The van der Waals surface area contributed by atoms with Gasteiger partial charge in [0.15, 0.2) is 0 Å². The van der Waals surface area contributed by atoms with E-state index in [0.717, 1.165) is 32.2 Å². The van der Waals surface area contributed by atoms with Gasteiger partial charge in [-0.15, -0.1) is 0 Å². The number of rotatable bonds is 6. The highest BCUT2D eigenvalue weighted by Gasteiger charge is 2.26. The molecule has 2 saturated heterocycles. The molecule has 0 bridgehead atoms. The SMILES string of the molecule is CC(C)NCC1CCN(CC2CN(C(C)C)CCO2)CC1. The zero-order chi connectivity index (χ0) is 15.2. The molecule has 0 aliphatic carbocycles. The van der Waals surface area contributed by atoms with E-state index in [1.807, 2.05) is 0 Å². The lowest BCUT2D eigenvalue weighted by Crippen LogP contribution is -2.51. The van der Waals surface area contributed by atoms with Crippen LogP contribution in [-0.2, 0) is 4.74 Å². The summed E-state index contributed by atoms with van der Waals surface area (Å²) < 4.78 is 5.97. The molecule has 0 aromatic carbocycles. The number of nitrogens with zero attached hydrogens (tertiary/aromatic N) is 2. The van der Waals surface area contributed by atoms with Crippen molar-refractivity contribution in [2.45, 2.75) is 58.7 Å². The maximum Gasteiger partial charge on any atom is 0.0829 e. The summed E-state index contributed by atoms with van der Waals surface area (Å²) in [5, 5.41) is 3.58. The lowest BCUT2D eigenvalue weighted by Gasteiger charge is -2.39. The van der Waals surface area contributed by atoms with Gasteiger partial charge in [0.1, 0.15) is 0 Å². The van der Waals surface area contributed by atoms with Gasteiger partial charge in [-0.25, -0.2) is 0 Å². The summed E-state index contributed by atoms with van der Waals surface area (Å²) in [5.74, 6) is 0.864. The Kier molecular flexibility index (Phi) is 6.93. The van der Waals surface area contributed by atoms with Crippen LogP contribution in [0, 0.1) is 5.92 Å². The van der Waals surface area contributed by atoms with Crippen molar-refractivity contribution in [2.24, 2.45) is 5.92 Å². The van der Waals surface area contributed by atoms with E-state index in [9.17, 15) is 0 Å². The van der Waals surface area contributed by atoms with E-state index >= 15 is 0 Å². The second-order valence-electron chi connectivity index (χ2n) is 7.39. The molecular formula is C17H35N3O. The number of ether oxygens (including phenoxy) is 1. The normalized spacial score (nSPS) is 26.9. The minimum Gasteiger partial charge on any atom is -0.374 e. The Morgan fingerprint density at radius 3 is 2.43 bits per heavy atom. The predicted octanol–water partition coefficient (Wildman–Crippen LogP) is 1.81. The molecule has 0 aromatic rings. The summed E-state index contributed by atoms with van der Waals surface area (Å²) in [6, 6.07) is 1.25. The summed E-state index contributed by atoms with van der Waals surface area (Å²) in [4.78, 5) is 5.16. The van der Waals surface area contributed by atoms with Gasteiger partial charge < -0.3 is 15.0 Å². The Hall–Kier alpha value is -0.160. The van der Waals surface area contributed by atoms with Crippen molar-refractivity contribution in [1.29, 1.82) is 0 Å². The smallest absolute Gasteiger partial charge is 0.0829 e. The zero-order valence-electron chi connectivity index (χ0n) is 14.5. The summed E-state index contributed by atoms with van der Waals surface area (Å²) in [6.45, 7) is 16.9. The van der Waals surface area contributed by atoms with Crippen LogP contribution in [0.3, 0.4) is 0 Å². The van der Waals surface area contributed by atoms with E-state index < -0.39 is 0 Å². The van der Waals surface area contributed by atoms with Gasteiger partial charge in [0, 0.05) is 31.7 Å². The van der Waals surface area contributed by atoms with Gasteiger partial charge in [0.2, 0.25) is 0 Å². The largest absolute Gasteiger partial charge is 0.374 e. The standard InChI is InChI=1S/C17H35N3O/c1-14(2)18-11-16-5-7-19(8-6-16)12-17-13-20(15(3)4)9-10-21-17/h14-18H,5-13H2,1-4H3. The Bertz CT molecular complexity index is 288. The fourth-order valence-electron chi connectivity index (χ4n) is 3.39. The fourth-order valence-corrected chi connectivity index (χ4v) is 3.39. The third kappa shape index (κ3) is 5.85. The average molecular weight is 297 g/mol. The number of hydrogen-bond acceptors (Lipinski definition) is 4. The van der Waals surface area contributed by atoms with Crippen LogP contribution < -0.4 is 5.32 Å². The van der Waals surface area contributed by atoms with Crippen LogP contribution in [-0.4, -0.2) is 73.9 Å². The molecule has 2 aliphatic heterocycles. The van der Waals surface area contributed by atoms with Crippen LogP contribution in [0.25, 0.3) is 0 Å². The Labute approximate surface area is 131 Å². The Morgan fingerprint density at radius 1 is 1.10 bits per heavy atom. The van der Waals surface area contributed by atoms with Crippen molar-refractivity contribution >= 4 is 0 Å². The van der Waals surface area contributed by atoms with E-state index in [0.29, 0.717) is 18.2 Å². The molecule has 2 aliphatic rings. The molecule has 0 radical (unpaired) electrons. The minimum absolute atomic E-state index is 0.409. The first-order valence-corrected chi connectivity index (χ1v) is 8.86. The summed E-state index contributed by atoms with van der Waals surface area (Å²) in [7, 11) is 0. The first-order chi connectivity index (χ1) is 10.0. The summed E-state index contributed by atoms with van der Waals surface area (Å²) in [5.41, 5.74) is 0. The molecule has 0 aromatic heterocycles. The monoisotopic (exact) mass is 297 g/mol. The summed E-state index contributed by atoms with van der Waals surface area (Å²) >= 11 is 0. The molecule has 2 heterocycles. The van der Waals surface area contributed by atoms with Gasteiger partial charge in [-0.1, -0.05) is 13.8 Å². The van der Waals surface area contributed by atoms with Crippen molar-refractivity contribution in [3.63, 3.8) is 0 Å². The highest BCUT2D eigenvalue weighted by atomic mass is 16.5. The highest BCUT2D eigenvalue weighted by Crippen LogP contribution is 2.18. The second kappa shape index (κ2) is 8.47. The van der Waals surface area contributed by atoms with Gasteiger partial charge in [0.25, 0.3) is 0 Å². The number of piperidine rings is 1. The average Bonchev–Trinajstić information content (AvgIpc) is 2.47. The number of morpholine rings is 1. The molecule has 4 heteroatoms. The number of likely N-dealkylation sites (tertiary alicyclic amines) is 1. The van der Waals surface area contributed by atoms with Crippen LogP contribution in [0.1, 0.15) is 40.5 Å². The maximum atomic E-state index is 5.97. The van der Waals surface area contributed by atoms with Gasteiger partial charge in [-0.05, 0) is 52.2 Å². The Balaban J connectivity index is 1.66. The first kappa shape index (κ1) is 17.2. The van der Waals surface area contributed by atoms with E-state index in [2.05, 4.69) is 42.8 Å². The molecule has 1 unspecified atom stereocenters. The molecule has 21 heavy (non-hydrogen) atoms. The molecule has 124 valence electrons. The molecule has 0 saturated carbocycles. The van der Waals surface area contributed by atoms with Gasteiger partial charge in [-0.3, -0.25) is 4.90 Å². The highest BCUT2D eigenvalue weighted by molar-refractivity contribution is 4.80. The summed E-state index contributed by atoms with van der Waals surface area (Å²) in [6.07, 6.45) is 3.08. The molecule has 0 amide bonds. The minimum atomic E-state index is 0.409. The van der Waals surface area contributed by atoms with Crippen LogP contribution >= 0.6 is 0 Å². The van der Waals surface area contributed by atoms with Gasteiger partial charge in [-0.2, -0.15) is 0 Å². The molecule has 4 nitrogen and oxygen atoms in total. The second-order valence-corrected chi connectivity index (χ2v) is 7.39. The Morgan fingerprint density at radius 2 is 1.81 bits per heavy atom.